The summed E-state index contributed by atoms with van der Waals surface area (Å²) in [6.07, 6.45) is 7.47. The Labute approximate surface area is 184 Å². The van der Waals surface area contributed by atoms with Gasteiger partial charge in [0.15, 0.2) is 0 Å². The van der Waals surface area contributed by atoms with Crippen LogP contribution in [0.4, 0.5) is 4.39 Å². The third kappa shape index (κ3) is 4.18. The first-order valence-electron chi connectivity index (χ1n) is 9.03. The lowest BCUT2D eigenvalue weighted by Crippen LogP contribution is -1.96. The number of nitrogens with zero attached hydrogens (tertiary/aromatic N) is 6. The molecule has 10 heteroatoms. The second-order valence-corrected chi connectivity index (χ2v) is 7.94. The van der Waals surface area contributed by atoms with E-state index in [0.717, 1.165) is 21.6 Å². The maximum absolute atomic E-state index is 13.7. The SMILES string of the molecule is Fc1cncc(-n2cc(Sc3ccc(Cl)cc3)c(-c3ccc(-c4ncon4)nc3)n2)c1. The van der Waals surface area contributed by atoms with Gasteiger partial charge in [-0.15, -0.1) is 0 Å². The summed E-state index contributed by atoms with van der Waals surface area (Å²) in [5.74, 6) is -0.0359. The van der Waals surface area contributed by atoms with Gasteiger partial charge in [-0.05, 0) is 36.4 Å². The molecule has 0 atom stereocenters. The van der Waals surface area contributed by atoms with Crippen LogP contribution >= 0.6 is 23.4 Å². The summed E-state index contributed by atoms with van der Waals surface area (Å²) >= 11 is 7.52. The van der Waals surface area contributed by atoms with Gasteiger partial charge in [-0.1, -0.05) is 28.5 Å². The van der Waals surface area contributed by atoms with Crippen LogP contribution in [0.2, 0.25) is 5.02 Å². The molecule has 0 saturated carbocycles. The van der Waals surface area contributed by atoms with Crippen molar-refractivity contribution in [2.75, 3.05) is 0 Å². The van der Waals surface area contributed by atoms with E-state index in [0.29, 0.717) is 27.9 Å². The van der Waals surface area contributed by atoms with Gasteiger partial charge in [-0.25, -0.2) is 9.07 Å². The van der Waals surface area contributed by atoms with Crippen molar-refractivity contribution in [3.05, 3.63) is 84.5 Å². The lowest BCUT2D eigenvalue weighted by Gasteiger charge is -2.03. The molecule has 4 aromatic heterocycles. The predicted octanol–water partition coefficient (Wildman–Crippen LogP) is 5.32. The molecular weight excluding hydrogens is 439 g/mol. The van der Waals surface area contributed by atoms with Crippen LogP contribution in [-0.2, 0) is 0 Å². The molecule has 0 aliphatic rings. The number of benzene rings is 1. The fourth-order valence-corrected chi connectivity index (χ4v) is 3.93. The summed E-state index contributed by atoms with van der Waals surface area (Å²) in [5, 5.41) is 9.13. The zero-order valence-electron chi connectivity index (χ0n) is 15.7. The van der Waals surface area contributed by atoms with Crippen LogP contribution in [0.3, 0.4) is 0 Å². The maximum atomic E-state index is 13.7. The van der Waals surface area contributed by atoms with E-state index in [9.17, 15) is 4.39 Å². The minimum Gasteiger partial charge on any atom is -0.342 e. The van der Waals surface area contributed by atoms with Crippen LogP contribution in [0.1, 0.15) is 0 Å². The molecule has 0 radical (unpaired) electrons. The van der Waals surface area contributed by atoms with Crippen molar-refractivity contribution in [2.45, 2.75) is 9.79 Å². The second-order valence-electron chi connectivity index (χ2n) is 6.39. The van der Waals surface area contributed by atoms with Crippen LogP contribution < -0.4 is 0 Å². The van der Waals surface area contributed by atoms with Crippen molar-refractivity contribution >= 4 is 23.4 Å². The van der Waals surface area contributed by atoms with Crippen LogP contribution in [0.25, 0.3) is 28.5 Å². The molecule has 0 saturated heterocycles. The van der Waals surface area contributed by atoms with Gasteiger partial charge in [0.05, 0.1) is 23.0 Å². The molecule has 5 aromatic rings. The molecule has 1 aromatic carbocycles. The van der Waals surface area contributed by atoms with Gasteiger partial charge in [0.1, 0.15) is 17.2 Å². The van der Waals surface area contributed by atoms with E-state index in [1.54, 1.807) is 23.1 Å². The molecule has 4 heterocycles. The van der Waals surface area contributed by atoms with E-state index in [-0.39, 0.29) is 0 Å². The van der Waals surface area contributed by atoms with E-state index in [2.05, 4.69) is 25.2 Å². The van der Waals surface area contributed by atoms with Crippen molar-refractivity contribution in [3.63, 3.8) is 0 Å². The summed E-state index contributed by atoms with van der Waals surface area (Å²) in [6, 6.07) is 12.5. The van der Waals surface area contributed by atoms with E-state index in [1.807, 2.05) is 36.5 Å². The molecule has 0 amide bonds. The Balaban J connectivity index is 1.56. The van der Waals surface area contributed by atoms with Gasteiger partial charge in [0.25, 0.3) is 0 Å². The Kier molecular flexibility index (Phi) is 5.19. The van der Waals surface area contributed by atoms with Crippen molar-refractivity contribution < 1.29 is 8.91 Å². The van der Waals surface area contributed by atoms with Crippen molar-refractivity contribution in [1.82, 2.24) is 29.9 Å². The Bertz CT molecular complexity index is 1320. The smallest absolute Gasteiger partial charge is 0.220 e. The fraction of sp³-hybridized carbons (Fsp3) is 0. The fourth-order valence-electron chi connectivity index (χ4n) is 2.87. The number of halogens is 2. The Morgan fingerprint density at radius 1 is 1.00 bits per heavy atom. The molecule has 0 spiro atoms. The molecule has 0 N–H and O–H groups in total. The van der Waals surface area contributed by atoms with Gasteiger partial charge < -0.3 is 4.52 Å². The number of rotatable bonds is 5. The van der Waals surface area contributed by atoms with Crippen LogP contribution in [0.5, 0.6) is 0 Å². The molecule has 31 heavy (non-hydrogen) atoms. The first-order chi connectivity index (χ1) is 15.2. The molecule has 152 valence electrons. The van der Waals surface area contributed by atoms with E-state index < -0.39 is 5.82 Å². The second kappa shape index (κ2) is 8.29. The molecule has 0 bridgehead atoms. The minimum atomic E-state index is -0.437. The first-order valence-corrected chi connectivity index (χ1v) is 10.2. The lowest BCUT2D eigenvalue weighted by molar-refractivity contribution is 0.418. The third-order valence-electron chi connectivity index (χ3n) is 4.30. The normalized spacial score (nSPS) is 11.0. The molecule has 7 nitrogen and oxygen atoms in total. The quantitative estimate of drug-likeness (QED) is 0.358. The van der Waals surface area contributed by atoms with Crippen molar-refractivity contribution in [1.29, 1.82) is 0 Å². The van der Waals surface area contributed by atoms with Gasteiger partial charge in [-0.2, -0.15) is 10.1 Å². The van der Waals surface area contributed by atoms with Gasteiger partial charge in [-0.3, -0.25) is 9.97 Å². The summed E-state index contributed by atoms with van der Waals surface area (Å²) in [6.45, 7) is 0. The zero-order valence-corrected chi connectivity index (χ0v) is 17.3. The summed E-state index contributed by atoms with van der Waals surface area (Å²) in [4.78, 5) is 14.2. The Hall–Kier alpha value is -3.56. The highest BCUT2D eigenvalue weighted by atomic mass is 35.5. The topological polar surface area (TPSA) is 82.5 Å². The van der Waals surface area contributed by atoms with Crippen LogP contribution in [-0.4, -0.2) is 29.9 Å². The maximum Gasteiger partial charge on any atom is 0.220 e. The molecule has 5 rings (SSSR count). The largest absolute Gasteiger partial charge is 0.342 e. The first kappa shape index (κ1) is 19.4. The monoisotopic (exact) mass is 450 g/mol. The number of hydrogen-bond donors (Lipinski definition) is 0. The van der Waals surface area contributed by atoms with Crippen LogP contribution in [0, 0.1) is 5.82 Å². The van der Waals surface area contributed by atoms with Gasteiger partial charge >= 0.3 is 0 Å². The predicted molar refractivity (Wildman–Crippen MR) is 113 cm³/mol. The minimum absolute atomic E-state index is 0.402. The van der Waals surface area contributed by atoms with Crippen LogP contribution in [0.15, 0.2) is 88.0 Å². The summed E-state index contributed by atoms with van der Waals surface area (Å²) in [7, 11) is 0. The molecule has 0 aliphatic heterocycles. The van der Waals surface area contributed by atoms with Crippen molar-refractivity contribution in [2.24, 2.45) is 0 Å². The molecule has 0 fully saturated rings. The Morgan fingerprint density at radius 3 is 2.58 bits per heavy atom. The third-order valence-corrected chi connectivity index (χ3v) is 5.58. The zero-order chi connectivity index (χ0) is 21.2. The number of hydrogen-bond acceptors (Lipinski definition) is 7. The highest BCUT2D eigenvalue weighted by Gasteiger charge is 2.16. The lowest BCUT2D eigenvalue weighted by atomic mass is 10.2. The van der Waals surface area contributed by atoms with E-state index >= 15 is 0 Å². The highest BCUT2D eigenvalue weighted by Crippen LogP contribution is 2.36. The van der Waals surface area contributed by atoms with Gasteiger partial charge in [0.2, 0.25) is 12.2 Å². The Morgan fingerprint density at radius 2 is 1.87 bits per heavy atom. The van der Waals surface area contributed by atoms with E-state index in [4.69, 9.17) is 16.1 Å². The average Bonchev–Trinajstić information content (AvgIpc) is 3.46. The standard InChI is InChI=1S/C21H12ClFN6OS/c22-14-2-4-17(5-3-14)31-19-11-29(16-7-15(23)9-24-10-16)27-20(19)13-1-6-18(25-8-13)21-26-12-30-28-21/h1-12H. The molecule has 0 aliphatic carbocycles. The summed E-state index contributed by atoms with van der Waals surface area (Å²) < 4.78 is 20.1. The highest BCUT2D eigenvalue weighted by molar-refractivity contribution is 7.99. The number of aromatic nitrogens is 6. The summed E-state index contributed by atoms with van der Waals surface area (Å²) in [5.41, 5.74) is 2.57. The van der Waals surface area contributed by atoms with Crippen molar-refractivity contribution in [3.8, 4) is 28.5 Å². The van der Waals surface area contributed by atoms with E-state index in [1.165, 1.54) is 24.2 Å². The van der Waals surface area contributed by atoms with Gasteiger partial charge in [0, 0.05) is 33.9 Å². The molecule has 0 unspecified atom stereocenters. The molecular formula is C21H12ClFN6OS. The number of pyridine rings is 2. The average molecular weight is 451 g/mol.